The van der Waals surface area contributed by atoms with Crippen LogP contribution in [0.15, 0.2) is 29.2 Å². The van der Waals surface area contributed by atoms with Gasteiger partial charge in [0.2, 0.25) is 15.9 Å². The first-order chi connectivity index (χ1) is 12.8. The highest BCUT2D eigenvalue weighted by Gasteiger charge is 2.33. The topological polar surface area (TPSA) is 95.0 Å². The molecule has 150 valence electrons. The highest BCUT2D eigenvalue weighted by Crippen LogP contribution is 2.25. The van der Waals surface area contributed by atoms with Crippen LogP contribution in [-0.4, -0.2) is 60.8 Å². The maximum Gasteiger partial charge on any atom is 0.335 e. The van der Waals surface area contributed by atoms with Crippen molar-refractivity contribution in [2.45, 2.75) is 44.4 Å². The predicted octanol–water partition coefficient (Wildman–Crippen LogP) is 2.43. The number of benzene rings is 1. The van der Waals surface area contributed by atoms with Crippen molar-refractivity contribution in [3.05, 3.63) is 29.8 Å². The minimum absolute atomic E-state index is 0.0463. The molecule has 1 heterocycles. The molecule has 0 atom stereocenters. The fourth-order valence-corrected chi connectivity index (χ4v) is 4.76. The fraction of sp³-hybridized carbons (Fsp3) is 0.579. The molecule has 7 nitrogen and oxygen atoms in total. The monoisotopic (exact) mass is 396 g/mol. The predicted molar refractivity (Wildman–Crippen MR) is 102 cm³/mol. The quantitative estimate of drug-likeness (QED) is 0.728. The van der Waals surface area contributed by atoms with Gasteiger partial charge in [0.25, 0.3) is 0 Å². The second-order valence-corrected chi connectivity index (χ2v) is 8.72. The third-order valence-corrected chi connectivity index (χ3v) is 6.93. The largest absolute Gasteiger partial charge is 0.478 e. The van der Waals surface area contributed by atoms with Crippen LogP contribution in [0.3, 0.4) is 0 Å². The first-order valence-corrected chi connectivity index (χ1v) is 10.9. The van der Waals surface area contributed by atoms with Crippen molar-refractivity contribution in [1.82, 2.24) is 9.21 Å². The number of carboxylic acid groups (broad SMARTS) is 1. The van der Waals surface area contributed by atoms with Crippen LogP contribution in [0.1, 0.15) is 49.9 Å². The van der Waals surface area contributed by atoms with Gasteiger partial charge in [-0.2, -0.15) is 4.31 Å². The number of carboxylic acids is 1. The lowest BCUT2D eigenvalue weighted by Gasteiger charge is -2.33. The van der Waals surface area contributed by atoms with Gasteiger partial charge >= 0.3 is 5.97 Å². The zero-order valence-electron chi connectivity index (χ0n) is 15.9. The second kappa shape index (κ2) is 9.32. The number of hydrogen-bond acceptors (Lipinski definition) is 4. The SMILES string of the molecule is CCCCN(CC)C(=O)C1CCN(S(=O)(=O)c2ccc(C(=O)O)cc2)CC1. The molecule has 8 heteroatoms. The van der Waals surface area contributed by atoms with Crippen LogP contribution >= 0.6 is 0 Å². The van der Waals surface area contributed by atoms with E-state index in [1.165, 1.54) is 28.6 Å². The molecule has 27 heavy (non-hydrogen) atoms. The summed E-state index contributed by atoms with van der Waals surface area (Å²) in [5.41, 5.74) is 0.0463. The van der Waals surface area contributed by atoms with Crippen LogP contribution in [-0.2, 0) is 14.8 Å². The summed E-state index contributed by atoms with van der Waals surface area (Å²) >= 11 is 0. The molecule has 1 saturated heterocycles. The summed E-state index contributed by atoms with van der Waals surface area (Å²) in [5, 5.41) is 8.93. The van der Waals surface area contributed by atoms with Crippen LogP contribution in [0.2, 0.25) is 0 Å². The summed E-state index contributed by atoms with van der Waals surface area (Å²) in [7, 11) is -3.68. The van der Waals surface area contributed by atoms with E-state index < -0.39 is 16.0 Å². The molecule has 1 aromatic rings. The molecule has 2 rings (SSSR count). The summed E-state index contributed by atoms with van der Waals surface area (Å²) in [6.45, 7) is 6.07. The van der Waals surface area contributed by atoms with Crippen LogP contribution < -0.4 is 0 Å². The number of sulfonamides is 1. The summed E-state index contributed by atoms with van der Waals surface area (Å²) < 4.78 is 26.9. The zero-order valence-corrected chi connectivity index (χ0v) is 16.7. The number of piperidine rings is 1. The number of carbonyl (C=O) groups excluding carboxylic acids is 1. The number of amides is 1. The van der Waals surface area contributed by atoms with Crippen molar-refractivity contribution in [1.29, 1.82) is 0 Å². The molecule has 0 saturated carbocycles. The van der Waals surface area contributed by atoms with Crippen molar-refractivity contribution in [2.75, 3.05) is 26.2 Å². The van der Waals surface area contributed by atoms with Crippen molar-refractivity contribution >= 4 is 21.9 Å². The Hall–Kier alpha value is -1.93. The molecule has 0 aromatic heterocycles. The van der Waals surface area contributed by atoms with Gasteiger partial charge in [0.15, 0.2) is 0 Å². The van der Waals surface area contributed by atoms with E-state index in [-0.39, 0.29) is 22.3 Å². The highest BCUT2D eigenvalue weighted by molar-refractivity contribution is 7.89. The zero-order chi connectivity index (χ0) is 20.0. The molecule has 1 fully saturated rings. The minimum atomic E-state index is -3.68. The second-order valence-electron chi connectivity index (χ2n) is 6.78. The molecule has 1 aliphatic rings. The van der Waals surface area contributed by atoms with Crippen LogP contribution in [0.5, 0.6) is 0 Å². The lowest BCUT2D eigenvalue weighted by atomic mass is 9.96. The molecule has 0 aliphatic carbocycles. The molecule has 1 amide bonds. The smallest absolute Gasteiger partial charge is 0.335 e. The Morgan fingerprint density at radius 3 is 2.22 bits per heavy atom. The first kappa shape index (κ1) is 21.4. The number of nitrogens with zero attached hydrogens (tertiary/aromatic N) is 2. The third-order valence-electron chi connectivity index (χ3n) is 5.02. The van der Waals surface area contributed by atoms with Crippen molar-refractivity contribution in [3.8, 4) is 0 Å². The molecular weight excluding hydrogens is 368 g/mol. The minimum Gasteiger partial charge on any atom is -0.478 e. The lowest BCUT2D eigenvalue weighted by molar-refractivity contribution is -0.136. The van der Waals surface area contributed by atoms with Crippen LogP contribution in [0.25, 0.3) is 0 Å². The van der Waals surface area contributed by atoms with E-state index in [0.717, 1.165) is 19.4 Å². The molecule has 1 aromatic carbocycles. The Labute approximate surface area is 161 Å². The molecule has 0 unspecified atom stereocenters. The van der Waals surface area contributed by atoms with Gasteiger partial charge in [-0.05, 0) is 50.5 Å². The van der Waals surface area contributed by atoms with Crippen LogP contribution in [0, 0.1) is 5.92 Å². The summed E-state index contributed by atoms with van der Waals surface area (Å²) in [5.74, 6) is -1.11. The number of aromatic carboxylic acids is 1. The van der Waals surface area contributed by atoms with E-state index >= 15 is 0 Å². The van der Waals surface area contributed by atoms with E-state index in [0.29, 0.717) is 32.5 Å². The summed E-state index contributed by atoms with van der Waals surface area (Å²) in [6.07, 6.45) is 3.02. The molecule has 0 radical (unpaired) electrons. The Kier molecular flexibility index (Phi) is 7.38. The van der Waals surface area contributed by atoms with Gasteiger partial charge in [-0.3, -0.25) is 4.79 Å². The van der Waals surface area contributed by atoms with Crippen LogP contribution in [0.4, 0.5) is 0 Å². The standard InChI is InChI=1S/C19H28N2O5S/c1-3-5-12-20(4-2)18(22)15-10-13-21(14-11-15)27(25,26)17-8-6-16(7-9-17)19(23)24/h6-9,15H,3-5,10-14H2,1-2H3,(H,23,24). The van der Waals surface area contributed by atoms with Gasteiger partial charge in [0.05, 0.1) is 10.5 Å². The molecule has 0 spiro atoms. The van der Waals surface area contributed by atoms with Gasteiger partial charge in [0, 0.05) is 32.1 Å². The van der Waals surface area contributed by atoms with Crippen molar-refractivity contribution in [3.63, 3.8) is 0 Å². The number of hydrogen-bond donors (Lipinski definition) is 1. The fourth-order valence-electron chi connectivity index (χ4n) is 3.29. The van der Waals surface area contributed by atoms with Gasteiger partial charge in [0.1, 0.15) is 0 Å². The third kappa shape index (κ3) is 5.07. The Morgan fingerprint density at radius 2 is 1.74 bits per heavy atom. The Morgan fingerprint density at radius 1 is 1.15 bits per heavy atom. The average Bonchev–Trinajstić information content (AvgIpc) is 2.68. The van der Waals surface area contributed by atoms with Crippen molar-refractivity contribution < 1.29 is 23.1 Å². The number of carbonyl (C=O) groups is 2. The number of rotatable bonds is 8. The Balaban J connectivity index is 2.01. The summed E-state index contributed by atoms with van der Waals surface area (Å²) in [6, 6.07) is 5.22. The van der Waals surface area contributed by atoms with E-state index in [1.54, 1.807) is 0 Å². The van der Waals surface area contributed by atoms with Gasteiger partial charge < -0.3 is 10.0 Å². The van der Waals surface area contributed by atoms with Crippen molar-refractivity contribution in [2.24, 2.45) is 5.92 Å². The maximum atomic E-state index is 12.8. The average molecular weight is 397 g/mol. The first-order valence-electron chi connectivity index (χ1n) is 9.43. The number of unbranched alkanes of at least 4 members (excludes halogenated alkanes) is 1. The van der Waals surface area contributed by atoms with Gasteiger partial charge in [-0.25, -0.2) is 13.2 Å². The van der Waals surface area contributed by atoms with E-state index in [1.807, 2.05) is 11.8 Å². The maximum absolute atomic E-state index is 12.8. The molecular formula is C19H28N2O5S. The van der Waals surface area contributed by atoms with E-state index in [9.17, 15) is 18.0 Å². The normalized spacial score (nSPS) is 16.2. The lowest BCUT2D eigenvalue weighted by Crippen LogP contribution is -2.44. The molecule has 1 aliphatic heterocycles. The van der Waals surface area contributed by atoms with Gasteiger partial charge in [-0.15, -0.1) is 0 Å². The Bertz CT molecular complexity index is 753. The van der Waals surface area contributed by atoms with E-state index in [2.05, 4.69) is 6.92 Å². The highest BCUT2D eigenvalue weighted by atomic mass is 32.2. The molecule has 0 bridgehead atoms. The van der Waals surface area contributed by atoms with E-state index in [4.69, 9.17) is 5.11 Å². The summed E-state index contributed by atoms with van der Waals surface area (Å²) in [4.78, 5) is 25.5. The molecule has 1 N–H and O–H groups in total. The van der Waals surface area contributed by atoms with Gasteiger partial charge in [-0.1, -0.05) is 13.3 Å².